The molecule has 1 unspecified atom stereocenters. The molecule has 0 aromatic heterocycles. The minimum atomic E-state index is -0.877. The van der Waals surface area contributed by atoms with Gasteiger partial charge in [-0.25, -0.2) is 8.78 Å². The normalized spacial score (nSPS) is 28.1. The van der Waals surface area contributed by atoms with E-state index in [-0.39, 0.29) is 0 Å². The maximum atomic E-state index is 13.1. The monoisotopic (exact) mass is 214 g/mol. The first-order valence-corrected chi connectivity index (χ1v) is 4.82. The first-order chi connectivity index (χ1) is 7.57. The summed E-state index contributed by atoms with van der Waals surface area (Å²) in [5.74, 6) is -1.74. The fourth-order valence-electron chi connectivity index (χ4n) is 1.90. The second-order valence-corrected chi connectivity index (χ2v) is 3.68. The van der Waals surface area contributed by atoms with Crippen molar-refractivity contribution < 1.29 is 14.9 Å². The molecule has 0 aliphatic carbocycles. The molecule has 1 heterocycles. The van der Waals surface area contributed by atoms with Crippen LogP contribution in [0.4, 0.5) is 8.78 Å². The minimum absolute atomic E-state index is 0.370. The van der Waals surface area contributed by atoms with E-state index in [9.17, 15) is 8.78 Å². The van der Waals surface area contributed by atoms with Gasteiger partial charge < -0.3 is 10.0 Å². The van der Waals surface area contributed by atoms with Gasteiger partial charge in [0, 0.05) is 13.7 Å². The lowest BCUT2D eigenvalue weighted by Gasteiger charge is -2.27. The van der Waals surface area contributed by atoms with Gasteiger partial charge in [0.1, 0.15) is 7.01 Å². The third-order valence-corrected chi connectivity index (χ3v) is 2.88. The van der Waals surface area contributed by atoms with Crippen LogP contribution in [0, 0.1) is 11.6 Å². The van der Waals surface area contributed by atoms with Gasteiger partial charge in [-0.3, -0.25) is 0 Å². The Labute approximate surface area is 88.7 Å². The summed E-state index contributed by atoms with van der Waals surface area (Å²) in [6, 6.07) is 3.76. The van der Waals surface area contributed by atoms with Crippen LogP contribution in [-0.2, 0) is 10.3 Å². The number of methoxy groups -OCH3 is 1. The third kappa shape index (κ3) is 1.75. The molecule has 1 fully saturated rings. The number of benzene rings is 1. The number of hydrogen-bond donors (Lipinski definition) is 1. The predicted octanol–water partition coefficient (Wildman–Crippen LogP) is 1.80. The van der Waals surface area contributed by atoms with E-state index in [1.54, 1.807) is 0 Å². The smallest absolute Gasteiger partial charge is 0.159 e. The molecule has 0 radical (unpaired) electrons. The van der Waals surface area contributed by atoms with Gasteiger partial charge in [0.15, 0.2) is 11.6 Å². The van der Waals surface area contributed by atoms with Crippen molar-refractivity contribution in [1.29, 1.82) is 0 Å². The van der Waals surface area contributed by atoms with Crippen molar-refractivity contribution >= 4 is 0 Å². The highest BCUT2D eigenvalue weighted by atomic mass is 19.2. The van der Waals surface area contributed by atoms with Gasteiger partial charge in [-0.15, -0.1) is 0 Å². The molecule has 1 N–H and O–H groups in total. The summed E-state index contributed by atoms with van der Waals surface area (Å²) in [7, 11) is 1.53. The second-order valence-electron chi connectivity index (χ2n) is 3.68. The standard InChI is InChI=1S/C11H13F2NO/c1-15-11(4-5-14-7-11)8-2-3-9(12)10(13)6-8/h2-3,6,14H,4-5,7H2,1H3/i/hD. The lowest BCUT2D eigenvalue weighted by Crippen LogP contribution is -2.31. The highest BCUT2D eigenvalue weighted by Crippen LogP contribution is 2.32. The van der Waals surface area contributed by atoms with Crippen LogP contribution in [0.25, 0.3) is 0 Å². The first-order valence-electron chi connectivity index (χ1n) is 5.27. The van der Waals surface area contributed by atoms with Crippen molar-refractivity contribution in [1.82, 2.24) is 5.31 Å². The SMILES string of the molecule is [2H]N1CCC(OC)(c2ccc(F)c(F)c2)C1. The molecule has 15 heavy (non-hydrogen) atoms. The van der Waals surface area contributed by atoms with Crippen molar-refractivity contribution in [3.8, 4) is 0 Å². The Hall–Kier alpha value is -1.00. The largest absolute Gasteiger partial charge is 0.372 e. The van der Waals surface area contributed by atoms with Gasteiger partial charge in [-0.2, -0.15) is 0 Å². The summed E-state index contributed by atoms with van der Waals surface area (Å²) in [6.07, 6.45) is 0.609. The van der Waals surface area contributed by atoms with Gasteiger partial charge in [0.05, 0.1) is 0 Å². The molecule has 1 aliphatic heterocycles. The van der Waals surface area contributed by atoms with Gasteiger partial charge in [-0.05, 0) is 30.7 Å². The van der Waals surface area contributed by atoms with Crippen molar-refractivity contribution in [2.75, 3.05) is 20.2 Å². The minimum Gasteiger partial charge on any atom is -0.372 e. The molecule has 1 aromatic rings. The zero-order valence-electron chi connectivity index (χ0n) is 9.46. The molecule has 2 nitrogen and oxygen atoms in total. The third-order valence-electron chi connectivity index (χ3n) is 2.88. The van der Waals surface area contributed by atoms with E-state index in [1.165, 1.54) is 18.5 Å². The number of rotatable bonds is 2. The first kappa shape index (κ1) is 9.24. The Morgan fingerprint density at radius 2 is 2.27 bits per heavy atom. The van der Waals surface area contributed by atoms with Crippen LogP contribution in [0.3, 0.4) is 0 Å². The van der Waals surface area contributed by atoms with Crippen LogP contribution in [0.5, 0.6) is 0 Å². The molecule has 1 atom stereocenters. The van der Waals surface area contributed by atoms with E-state index in [2.05, 4.69) is 0 Å². The Bertz CT molecular complexity index is 402. The quantitative estimate of drug-likeness (QED) is 0.810. The highest BCUT2D eigenvalue weighted by molar-refractivity contribution is 5.26. The molecule has 4 heteroatoms. The average molecular weight is 214 g/mol. The highest BCUT2D eigenvalue weighted by Gasteiger charge is 2.36. The van der Waals surface area contributed by atoms with Gasteiger partial charge in [0.2, 0.25) is 0 Å². The predicted molar refractivity (Wildman–Crippen MR) is 52.5 cm³/mol. The van der Waals surface area contributed by atoms with E-state index in [0.717, 1.165) is 12.1 Å². The Kier molecular flexibility index (Phi) is 2.38. The lowest BCUT2D eigenvalue weighted by atomic mass is 9.92. The summed E-state index contributed by atoms with van der Waals surface area (Å²) in [5, 5.41) is 1.37. The number of nitrogens with one attached hydrogen (secondary N) is 1. The summed E-state index contributed by atoms with van der Waals surface area (Å²) in [6.45, 7) is 0.932. The van der Waals surface area contributed by atoms with Crippen LogP contribution in [0.15, 0.2) is 18.2 Å². The fourth-order valence-corrected chi connectivity index (χ4v) is 1.90. The van der Waals surface area contributed by atoms with Crippen molar-refractivity contribution in [3.05, 3.63) is 35.4 Å². The van der Waals surface area contributed by atoms with Crippen molar-refractivity contribution in [2.45, 2.75) is 12.0 Å². The van der Waals surface area contributed by atoms with Gasteiger partial charge >= 0.3 is 0 Å². The van der Waals surface area contributed by atoms with Gasteiger partial charge in [0.25, 0.3) is 0 Å². The van der Waals surface area contributed by atoms with Crippen LogP contribution in [-0.4, -0.2) is 20.2 Å². The zero-order valence-corrected chi connectivity index (χ0v) is 8.46. The molecule has 0 spiro atoms. The van der Waals surface area contributed by atoms with Gasteiger partial charge in [-0.1, -0.05) is 6.07 Å². The lowest BCUT2D eigenvalue weighted by molar-refractivity contribution is 0.00294. The summed E-state index contributed by atoms with van der Waals surface area (Å²) >= 11 is 0. The summed E-state index contributed by atoms with van der Waals surface area (Å²) in [4.78, 5) is 0. The molecule has 1 saturated heterocycles. The summed E-state index contributed by atoms with van der Waals surface area (Å²) in [5.41, 5.74) is -0.0975. The van der Waals surface area contributed by atoms with E-state index in [0.29, 0.717) is 25.1 Å². The number of halogens is 2. The van der Waals surface area contributed by atoms with Crippen LogP contribution >= 0.6 is 0 Å². The Morgan fingerprint density at radius 3 is 2.80 bits per heavy atom. The second kappa shape index (κ2) is 3.87. The molecular weight excluding hydrogens is 200 g/mol. The van der Waals surface area contributed by atoms with E-state index >= 15 is 0 Å². The number of ether oxygens (including phenoxy) is 1. The summed E-state index contributed by atoms with van der Waals surface area (Å²) < 4.78 is 38.9. The number of hydrogen-bond acceptors (Lipinski definition) is 2. The van der Waals surface area contributed by atoms with Crippen LogP contribution < -0.4 is 5.31 Å². The van der Waals surface area contributed by atoms with Crippen molar-refractivity contribution in [2.24, 2.45) is 0 Å². The molecule has 2 rings (SSSR count). The molecule has 82 valence electrons. The molecule has 0 saturated carbocycles. The van der Waals surface area contributed by atoms with Crippen molar-refractivity contribution in [3.63, 3.8) is 0 Å². The van der Waals surface area contributed by atoms with E-state index in [4.69, 9.17) is 6.15 Å². The molecule has 0 amide bonds. The van der Waals surface area contributed by atoms with Crippen LogP contribution in [0.1, 0.15) is 12.0 Å². The maximum absolute atomic E-state index is 13.1. The Balaban J connectivity index is 2.37. The maximum Gasteiger partial charge on any atom is 0.159 e. The average Bonchev–Trinajstić information content (AvgIpc) is 2.65. The Morgan fingerprint density at radius 1 is 1.47 bits per heavy atom. The van der Waals surface area contributed by atoms with E-state index < -0.39 is 17.2 Å². The fraction of sp³-hybridized carbons (Fsp3) is 0.455. The topological polar surface area (TPSA) is 21.3 Å². The van der Waals surface area contributed by atoms with Crippen LogP contribution in [0.2, 0.25) is 1.41 Å². The molecule has 0 bridgehead atoms. The molecule has 1 aromatic carbocycles. The zero-order chi connectivity index (χ0) is 11.8. The van der Waals surface area contributed by atoms with E-state index in [1.807, 2.05) is 0 Å². The molecular formula is C11H13F2NO. The molecule has 1 aliphatic rings.